The van der Waals surface area contributed by atoms with Crippen LogP contribution in [-0.4, -0.2) is 59.4 Å². The van der Waals surface area contributed by atoms with Gasteiger partial charge in [-0.2, -0.15) is 0 Å². The number of rotatable bonds is 4. The average Bonchev–Trinajstić information content (AvgIpc) is 2.56. The van der Waals surface area contributed by atoms with E-state index in [9.17, 15) is 14.4 Å². The minimum absolute atomic E-state index is 0.0118. The van der Waals surface area contributed by atoms with E-state index in [0.717, 1.165) is 10.0 Å². The highest BCUT2D eigenvalue weighted by Gasteiger charge is 2.28. The van der Waals surface area contributed by atoms with Gasteiger partial charge in [0.25, 0.3) is 5.91 Å². The van der Waals surface area contributed by atoms with Gasteiger partial charge < -0.3 is 14.9 Å². The van der Waals surface area contributed by atoms with Gasteiger partial charge in [0.2, 0.25) is 5.91 Å². The molecule has 2 rings (SSSR count). The number of hydrogen-bond donors (Lipinski definition) is 1. The summed E-state index contributed by atoms with van der Waals surface area (Å²) in [7, 11) is 1.60. The first-order valence-corrected chi connectivity index (χ1v) is 8.61. The van der Waals surface area contributed by atoms with Gasteiger partial charge in [-0.15, -0.1) is 0 Å². The van der Waals surface area contributed by atoms with Gasteiger partial charge in [-0.25, -0.2) is 0 Å². The van der Waals surface area contributed by atoms with E-state index in [1.54, 1.807) is 24.1 Å². The molecule has 0 aromatic heterocycles. The summed E-state index contributed by atoms with van der Waals surface area (Å²) >= 11 is 3.40. The summed E-state index contributed by atoms with van der Waals surface area (Å²) in [6.45, 7) is 2.77. The van der Waals surface area contributed by atoms with E-state index < -0.39 is 5.97 Å². The van der Waals surface area contributed by atoms with E-state index in [0.29, 0.717) is 31.5 Å². The van der Waals surface area contributed by atoms with Crippen LogP contribution < -0.4 is 0 Å². The minimum atomic E-state index is -0.806. The highest BCUT2D eigenvalue weighted by Crippen LogP contribution is 2.19. The van der Waals surface area contributed by atoms with E-state index >= 15 is 0 Å². The molecule has 0 bridgehead atoms. The fraction of sp³-hybridized carbons (Fsp3) is 0.471. The van der Waals surface area contributed by atoms with Gasteiger partial charge in [0, 0.05) is 30.2 Å². The Kier molecular flexibility index (Phi) is 5.99. The number of nitrogens with zero attached hydrogens (tertiary/aromatic N) is 2. The molecule has 6 nitrogen and oxygen atoms in total. The molecule has 130 valence electrons. The zero-order chi connectivity index (χ0) is 17.9. The molecule has 1 heterocycles. The number of carbonyl (C=O) groups is 3. The number of halogens is 1. The molecule has 1 aromatic rings. The number of carbonyl (C=O) groups excluding carboxylic acids is 2. The van der Waals surface area contributed by atoms with E-state index in [4.69, 9.17) is 5.11 Å². The Morgan fingerprint density at radius 1 is 1.29 bits per heavy atom. The predicted octanol–water partition coefficient (Wildman–Crippen LogP) is 2.15. The average molecular weight is 397 g/mol. The van der Waals surface area contributed by atoms with Crippen molar-refractivity contribution in [2.24, 2.45) is 5.92 Å². The van der Waals surface area contributed by atoms with E-state index in [-0.39, 0.29) is 24.3 Å². The lowest BCUT2D eigenvalue weighted by Gasteiger charge is -2.31. The number of likely N-dealkylation sites (N-methyl/N-ethyl adjacent to an activating group) is 1. The van der Waals surface area contributed by atoms with Gasteiger partial charge >= 0.3 is 5.97 Å². The Hall–Kier alpha value is -1.89. The van der Waals surface area contributed by atoms with Gasteiger partial charge in [-0.1, -0.05) is 22.0 Å². The molecule has 1 aliphatic rings. The van der Waals surface area contributed by atoms with Crippen LogP contribution in [0.25, 0.3) is 0 Å². The number of aryl methyl sites for hydroxylation is 1. The Labute approximate surface area is 149 Å². The second-order valence-electron chi connectivity index (χ2n) is 6.12. The molecular weight excluding hydrogens is 376 g/mol. The lowest BCUT2D eigenvalue weighted by molar-refractivity contribution is -0.145. The Bertz CT molecular complexity index is 654. The third kappa shape index (κ3) is 4.35. The van der Waals surface area contributed by atoms with Crippen molar-refractivity contribution in [3.05, 3.63) is 33.8 Å². The largest absolute Gasteiger partial charge is 0.481 e. The molecule has 0 unspecified atom stereocenters. The van der Waals surface area contributed by atoms with Crippen LogP contribution in [0.3, 0.4) is 0 Å². The van der Waals surface area contributed by atoms with Gasteiger partial charge in [-0.05, 0) is 37.5 Å². The molecule has 2 amide bonds. The monoisotopic (exact) mass is 396 g/mol. The molecule has 0 spiro atoms. The fourth-order valence-electron chi connectivity index (χ4n) is 2.70. The second kappa shape index (κ2) is 7.79. The van der Waals surface area contributed by atoms with Crippen molar-refractivity contribution in [2.75, 3.05) is 26.7 Å². The van der Waals surface area contributed by atoms with Gasteiger partial charge in [0.1, 0.15) is 0 Å². The topological polar surface area (TPSA) is 77.9 Å². The van der Waals surface area contributed by atoms with E-state index in [1.807, 2.05) is 13.0 Å². The molecule has 0 atom stereocenters. The molecule has 7 heteroatoms. The van der Waals surface area contributed by atoms with Crippen molar-refractivity contribution in [3.8, 4) is 0 Å². The number of likely N-dealkylation sites (tertiary alicyclic amines) is 1. The number of aliphatic carboxylic acids is 1. The fourth-order valence-corrected chi connectivity index (χ4v) is 3.08. The van der Waals surface area contributed by atoms with Crippen LogP contribution in [0.1, 0.15) is 28.8 Å². The third-order valence-corrected chi connectivity index (χ3v) is 5.19. The Balaban J connectivity index is 1.92. The van der Waals surface area contributed by atoms with Crippen molar-refractivity contribution >= 4 is 33.7 Å². The minimum Gasteiger partial charge on any atom is -0.481 e. The third-order valence-electron chi connectivity index (χ3n) is 4.33. The van der Waals surface area contributed by atoms with Crippen molar-refractivity contribution in [1.82, 2.24) is 9.80 Å². The van der Waals surface area contributed by atoms with Crippen molar-refractivity contribution in [1.29, 1.82) is 0 Å². The predicted molar refractivity (Wildman–Crippen MR) is 92.8 cm³/mol. The molecule has 0 saturated carbocycles. The summed E-state index contributed by atoms with van der Waals surface area (Å²) in [4.78, 5) is 38.7. The maximum atomic E-state index is 12.4. The van der Waals surface area contributed by atoms with Crippen molar-refractivity contribution in [2.45, 2.75) is 19.8 Å². The standard InChI is InChI=1S/C17H21BrN2O4/c1-11-3-4-13(9-14(11)18)16(22)19(2)10-15(21)20-7-5-12(6-8-20)17(23)24/h3-4,9,12H,5-8,10H2,1-2H3,(H,23,24). The van der Waals surface area contributed by atoms with Crippen LogP contribution in [0, 0.1) is 12.8 Å². The molecule has 1 N–H and O–H groups in total. The molecule has 24 heavy (non-hydrogen) atoms. The Morgan fingerprint density at radius 3 is 2.46 bits per heavy atom. The Morgan fingerprint density at radius 2 is 1.92 bits per heavy atom. The first kappa shape index (κ1) is 18.4. The molecule has 1 aromatic carbocycles. The number of carboxylic acids is 1. The number of carboxylic acid groups (broad SMARTS) is 1. The highest BCUT2D eigenvalue weighted by atomic mass is 79.9. The summed E-state index contributed by atoms with van der Waals surface area (Å²) < 4.78 is 0.851. The van der Waals surface area contributed by atoms with Crippen LogP contribution in [0.2, 0.25) is 0 Å². The summed E-state index contributed by atoms with van der Waals surface area (Å²) in [5.41, 5.74) is 1.55. The zero-order valence-corrected chi connectivity index (χ0v) is 15.4. The van der Waals surface area contributed by atoms with Crippen LogP contribution in [0.15, 0.2) is 22.7 Å². The van der Waals surface area contributed by atoms with Crippen molar-refractivity contribution in [3.63, 3.8) is 0 Å². The first-order valence-electron chi connectivity index (χ1n) is 7.81. The van der Waals surface area contributed by atoms with Crippen LogP contribution in [0.4, 0.5) is 0 Å². The normalized spacial score (nSPS) is 15.2. The van der Waals surface area contributed by atoms with Crippen LogP contribution in [0.5, 0.6) is 0 Å². The van der Waals surface area contributed by atoms with Crippen LogP contribution in [-0.2, 0) is 9.59 Å². The summed E-state index contributed by atoms with van der Waals surface area (Å²) in [5, 5.41) is 8.99. The molecule has 0 radical (unpaired) electrons. The van der Waals surface area contributed by atoms with Gasteiger partial charge in [-0.3, -0.25) is 14.4 Å². The smallest absolute Gasteiger partial charge is 0.306 e. The maximum Gasteiger partial charge on any atom is 0.306 e. The lowest BCUT2D eigenvalue weighted by Crippen LogP contribution is -2.45. The number of hydrogen-bond acceptors (Lipinski definition) is 3. The van der Waals surface area contributed by atoms with E-state index in [2.05, 4.69) is 15.9 Å². The first-order chi connectivity index (χ1) is 11.3. The van der Waals surface area contributed by atoms with Crippen LogP contribution >= 0.6 is 15.9 Å². The lowest BCUT2D eigenvalue weighted by atomic mass is 9.97. The second-order valence-corrected chi connectivity index (χ2v) is 6.97. The SMILES string of the molecule is Cc1ccc(C(=O)N(C)CC(=O)N2CCC(C(=O)O)CC2)cc1Br. The summed E-state index contributed by atoms with van der Waals surface area (Å²) in [6.07, 6.45) is 0.924. The number of benzene rings is 1. The van der Waals surface area contributed by atoms with Gasteiger partial charge in [0.15, 0.2) is 0 Å². The quantitative estimate of drug-likeness (QED) is 0.845. The number of amides is 2. The highest BCUT2D eigenvalue weighted by molar-refractivity contribution is 9.10. The zero-order valence-electron chi connectivity index (χ0n) is 13.8. The molecule has 1 fully saturated rings. The number of piperidine rings is 1. The molecular formula is C17H21BrN2O4. The molecule has 1 aliphatic heterocycles. The summed E-state index contributed by atoms with van der Waals surface area (Å²) in [6, 6.07) is 5.34. The van der Waals surface area contributed by atoms with E-state index in [1.165, 1.54) is 4.90 Å². The molecule has 1 saturated heterocycles. The maximum absolute atomic E-state index is 12.4. The van der Waals surface area contributed by atoms with Crippen molar-refractivity contribution < 1.29 is 19.5 Å². The van der Waals surface area contributed by atoms with Gasteiger partial charge in [0.05, 0.1) is 12.5 Å². The molecule has 0 aliphatic carbocycles. The summed E-state index contributed by atoms with van der Waals surface area (Å²) in [5.74, 6) is -1.55.